The summed E-state index contributed by atoms with van der Waals surface area (Å²) in [7, 11) is 0. The van der Waals surface area contributed by atoms with Gasteiger partial charge in [-0.3, -0.25) is 10.1 Å². The van der Waals surface area contributed by atoms with E-state index in [1.54, 1.807) is 0 Å². The van der Waals surface area contributed by atoms with Crippen LogP contribution in [0.1, 0.15) is 18.1 Å². The van der Waals surface area contributed by atoms with Crippen LogP contribution in [-0.2, 0) is 11.3 Å². The van der Waals surface area contributed by atoms with Crippen LogP contribution in [-0.4, -0.2) is 22.8 Å². The van der Waals surface area contributed by atoms with E-state index in [0.717, 1.165) is 17.8 Å². The van der Waals surface area contributed by atoms with Gasteiger partial charge in [-0.1, -0.05) is 18.2 Å². The van der Waals surface area contributed by atoms with Crippen molar-refractivity contribution in [3.05, 3.63) is 29.3 Å². The summed E-state index contributed by atoms with van der Waals surface area (Å²) in [4.78, 5) is 18.1. The van der Waals surface area contributed by atoms with E-state index >= 15 is 0 Å². The van der Waals surface area contributed by atoms with Crippen LogP contribution in [0.15, 0.2) is 23.2 Å². The van der Waals surface area contributed by atoms with Crippen molar-refractivity contribution in [1.29, 1.82) is 0 Å². The summed E-state index contributed by atoms with van der Waals surface area (Å²) in [5.74, 6) is 0.725. The molecule has 1 fully saturated rings. The third-order valence-corrected chi connectivity index (χ3v) is 3.23. The van der Waals surface area contributed by atoms with Gasteiger partial charge in [0.2, 0.25) is 11.9 Å². The molecule has 1 atom stereocenters. The number of hydrogen-bond donors (Lipinski definition) is 1. The molecule has 5 heteroatoms. The standard InChI is InChI=1S/C12H13N3O.ClH/c1-7-4-3-5-9-6-15-8(2)11(16)14-12(15)13-10(7)9;/h3-5,8H,6H2,1-2H3,(H,13,14,16);1H. The van der Waals surface area contributed by atoms with Crippen molar-refractivity contribution >= 4 is 30.0 Å². The van der Waals surface area contributed by atoms with E-state index in [9.17, 15) is 4.79 Å². The number of para-hydroxylation sites is 1. The van der Waals surface area contributed by atoms with Gasteiger partial charge in [0.15, 0.2) is 0 Å². The normalized spacial score (nSPS) is 21.1. The summed E-state index contributed by atoms with van der Waals surface area (Å²) >= 11 is 0. The quantitative estimate of drug-likeness (QED) is 0.763. The fourth-order valence-electron chi connectivity index (χ4n) is 2.21. The monoisotopic (exact) mass is 251 g/mol. The second kappa shape index (κ2) is 4.04. The van der Waals surface area contributed by atoms with Gasteiger partial charge < -0.3 is 4.90 Å². The van der Waals surface area contributed by atoms with Crippen molar-refractivity contribution in [3.8, 4) is 0 Å². The molecule has 1 aromatic rings. The number of amides is 1. The number of aryl methyl sites for hydroxylation is 1. The maximum absolute atomic E-state index is 11.5. The largest absolute Gasteiger partial charge is 0.326 e. The number of nitrogens with zero attached hydrogens (tertiary/aromatic N) is 2. The molecule has 0 spiro atoms. The lowest BCUT2D eigenvalue weighted by Gasteiger charge is -2.26. The van der Waals surface area contributed by atoms with Gasteiger partial charge in [-0.25, -0.2) is 4.99 Å². The predicted molar refractivity (Wildman–Crippen MR) is 68.7 cm³/mol. The Kier molecular flexibility index (Phi) is 2.83. The Morgan fingerprint density at radius 1 is 1.47 bits per heavy atom. The molecule has 0 aliphatic carbocycles. The first-order chi connectivity index (χ1) is 7.66. The topological polar surface area (TPSA) is 44.7 Å². The maximum Gasteiger partial charge on any atom is 0.249 e. The van der Waals surface area contributed by atoms with Gasteiger partial charge in [0, 0.05) is 6.54 Å². The fourth-order valence-corrected chi connectivity index (χ4v) is 2.21. The molecule has 3 rings (SSSR count). The third-order valence-electron chi connectivity index (χ3n) is 3.23. The molecule has 17 heavy (non-hydrogen) atoms. The molecular formula is C12H14ClN3O. The molecule has 2 aliphatic heterocycles. The lowest BCUT2D eigenvalue weighted by Crippen LogP contribution is -2.35. The van der Waals surface area contributed by atoms with Crippen molar-refractivity contribution in [2.75, 3.05) is 0 Å². The van der Waals surface area contributed by atoms with Crippen LogP contribution in [0.4, 0.5) is 5.69 Å². The van der Waals surface area contributed by atoms with E-state index in [4.69, 9.17) is 0 Å². The average Bonchev–Trinajstić information content (AvgIpc) is 2.54. The zero-order chi connectivity index (χ0) is 11.3. The van der Waals surface area contributed by atoms with Crippen molar-refractivity contribution in [2.24, 2.45) is 4.99 Å². The zero-order valence-corrected chi connectivity index (χ0v) is 10.5. The molecule has 1 unspecified atom stereocenters. The SMILES string of the molecule is Cc1cccc2c1N=C1NC(=O)C(C)N1C2.Cl. The maximum atomic E-state index is 11.5. The Bertz CT molecular complexity index is 512. The number of guanidine groups is 1. The summed E-state index contributed by atoms with van der Waals surface area (Å²) in [5, 5.41) is 2.81. The number of fused-ring (bicyclic) bond motifs is 2. The van der Waals surface area contributed by atoms with E-state index in [0.29, 0.717) is 5.96 Å². The Morgan fingerprint density at radius 3 is 3.00 bits per heavy atom. The van der Waals surface area contributed by atoms with E-state index in [-0.39, 0.29) is 24.4 Å². The van der Waals surface area contributed by atoms with Gasteiger partial charge in [-0.15, -0.1) is 12.4 Å². The minimum Gasteiger partial charge on any atom is -0.326 e. The van der Waals surface area contributed by atoms with E-state index in [1.807, 2.05) is 30.9 Å². The van der Waals surface area contributed by atoms with Gasteiger partial charge in [0.1, 0.15) is 6.04 Å². The van der Waals surface area contributed by atoms with Crippen LogP contribution >= 0.6 is 12.4 Å². The predicted octanol–water partition coefficient (Wildman–Crippen LogP) is 1.74. The fraction of sp³-hybridized carbons (Fsp3) is 0.333. The summed E-state index contributed by atoms with van der Waals surface area (Å²) in [6.45, 7) is 4.70. The van der Waals surface area contributed by atoms with Gasteiger partial charge in [0.25, 0.3) is 0 Å². The highest BCUT2D eigenvalue weighted by molar-refractivity contribution is 6.07. The number of carbonyl (C=O) groups excluding carboxylic acids is 1. The van der Waals surface area contributed by atoms with E-state index in [2.05, 4.69) is 16.4 Å². The van der Waals surface area contributed by atoms with Gasteiger partial charge >= 0.3 is 0 Å². The Labute approximate surface area is 106 Å². The second-order valence-corrected chi connectivity index (χ2v) is 4.31. The average molecular weight is 252 g/mol. The minimum atomic E-state index is -0.118. The summed E-state index contributed by atoms with van der Waals surface area (Å²) in [5.41, 5.74) is 3.34. The second-order valence-electron chi connectivity index (χ2n) is 4.31. The molecule has 2 aliphatic rings. The van der Waals surface area contributed by atoms with Crippen LogP contribution < -0.4 is 5.32 Å². The summed E-state index contributed by atoms with van der Waals surface area (Å²) in [6.07, 6.45) is 0. The Balaban J connectivity index is 0.00000108. The molecule has 0 radical (unpaired) electrons. The molecule has 90 valence electrons. The Morgan fingerprint density at radius 2 is 2.24 bits per heavy atom. The number of nitrogens with one attached hydrogen (secondary N) is 1. The molecule has 1 amide bonds. The number of benzene rings is 1. The molecule has 0 aromatic heterocycles. The van der Waals surface area contributed by atoms with Crippen LogP contribution in [0.3, 0.4) is 0 Å². The lowest BCUT2D eigenvalue weighted by molar-refractivity contribution is -0.121. The van der Waals surface area contributed by atoms with Crippen LogP contribution in [0.25, 0.3) is 0 Å². The van der Waals surface area contributed by atoms with Gasteiger partial charge in [-0.05, 0) is 25.0 Å². The Hall–Kier alpha value is -1.55. The number of halogens is 1. The minimum absolute atomic E-state index is 0. The smallest absolute Gasteiger partial charge is 0.249 e. The van der Waals surface area contributed by atoms with Crippen LogP contribution in [0, 0.1) is 6.92 Å². The first kappa shape index (κ1) is 11.9. The van der Waals surface area contributed by atoms with Crippen molar-refractivity contribution < 1.29 is 4.79 Å². The first-order valence-corrected chi connectivity index (χ1v) is 5.41. The molecule has 4 nitrogen and oxygen atoms in total. The van der Waals surface area contributed by atoms with Crippen molar-refractivity contribution in [3.63, 3.8) is 0 Å². The molecule has 1 saturated heterocycles. The van der Waals surface area contributed by atoms with Gasteiger partial charge in [0.05, 0.1) is 5.69 Å². The van der Waals surface area contributed by atoms with Crippen molar-refractivity contribution in [2.45, 2.75) is 26.4 Å². The number of rotatable bonds is 0. The molecule has 1 N–H and O–H groups in total. The molecule has 1 aromatic carbocycles. The van der Waals surface area contributed by atoms with E-state index in [1.165, 1.54) is 5.56 Å². The zero-order valence-electron chi connectivity index (χ0n) is 9.73. The summed E-state index contributed by atoms with van der Waals surface area (Å²) < 4.78 is 0. The third kappa shape index (κ3) is 1.69. The van der Waals surface area contributed by atoms with Crippen LogP contribution in [0.2, 0.25) is 0 Å². The molecular weight excluding hydrogens is 238 g/mol. The highest BCUT2D eigenvalue weighted by Gasteiger charge is 2.35. The number of carbonyl (C=O) groups is 1. The van der Waals surface area contributed by atoms with Crippen molar-refractivity contribution in [1.82, 2.24) is 10.2 Å². The summed E-state index contributed by atoms with van der Waals surface area (Å²) in [6, 6.07) is 6.02. The van der Waals surface area contributed by atoms with E-state index < -0.39 is 0 Å². The lowest BCUT2D eigenvalue weighted by atomic mass is 10.1. The highest BCUT2D eigenvalue weighted by atomic mass is 35.5. The molecule has 0 saturated carbocycles. The highest BCUT2D eigenvalue weighted by Crippen LogP contribution is 2.31. The molecule has 0 bridgehead atoms. The number of hydrogen-bond acceptors (Lipinski definition) is 3. The van der Waals surface area contributed by atoms with Crippen LogP contribution in [0.5, 0.6) is 0 Å². The van der Waals surface area contributed by atoms with Gasteiger partial charge in [-0.2, -0.15) is 0 Å². The number of aliphatic imine (C=N–C) groups is 1. The molecule has 2 heterocycles. The first-order valence-electron chi connectivity index (χ1n) is 5.41.